The fourth-order valence-corrected chi connectivity index (χ4v) is 4.97. The highest BCUT2D eigenvalue weighted by molar-refractivity contribution is 5.86. The van der Waals surface area contributed by atoms with E-state index in [9.17, 15) is 50.8 Å². The van der Waals surface area contributed by atoms with Crippen LogP contribution in [0.5, 0.6) is 23.0 Å². The Balaban J connectivity index is 1.44. The molecule has 1 aromatic heterocycles. The molecule has 0 spiro atoms. The highest BCUT2D eigenvalue weighted by atomic mass is 16.7. The second-order valence-corrected chi connectivity index (χ2v) is 10.3. The van der Waals surface area contributed by atoms with Gasteiger partial charge in [0.1, 0.15) is 77.1 Å². The van der Waals surface area contributed by atoms with Gasteiger partial charge in [0.05, 0.1) is 20.3 Å². The molecule has 2 aromatic carbocycles. The summed E-state index contributed by atoms with van der Waals surface area (Å²) in [6.07, 6.45) is -15.6. The third kappa shape index (κ3) is 5.92. The molecule has 2 aliphatic rings. The summed E-state index contributed by atoms with van der Waals surface area (Å²) in [6.45, 7) is -1.35. The SMILES string of the molecule is COc1cc(-c2cc(=O)c3c(O[C@@H]4O[C@H](CO)[C@H](O)[C@H](O)[C@@H]4O)cc(O)cc3o2)ccc1O[C@H]1O[C@@H](CO)[C@@H](O)[C@H](O)[C@H]1O. The van der Waals surface area contributed by atoms with E-state index in [0.29, 0.717) is 5.56 Å². The van der Waals surface area contributed by atoms with Crippen LogP contribution < -0.4 is 19.6 Å². The third-order valence-electron chi connectivity index (χ3n) is 7.41. The predicted octanol–water partition coefficient (Wildman–Crippen LogP) is -2.47. The molecule has 0 radical (unpaired) electrons. The first-order valence-electron chi connectivity index (χ1n) is 13.4. The van der Waals surface area contributed by atoms with Gasteiger partial charge in [0.2, 0.25) is 12.6 Å². The van der Waals surface area contributed by atoms with E-state index in [0.717, 1.165) is 18.2 Å². The van der Waals surface area contributed by atoms with Crippen molar-refractivity contribution in [1.29, 1.82) is 0 Å². The first-order chi connectivity index (χ1) is 21.0. The molecule has 3 heterocycles. The monoisotopic (exact) mass is 624 g/mol. The Bertz CT molecular complexity index is 1520. The Hall–Kier alpha value is -3.55. The highest BCUT2D eigenvalue weighted by Crippen LogP contribution is 2.37. The summed E-state index contributed by atoms with van der Waals surface area (Å²) in [5, 5.41) is 89.8. The van der Waals surface area contributed by atoms with E-state index < -0.39 is 85.8 Å². The number of phenolic OH excluding ortho intramolecular Hbond substituents is 1. The minimum atomic E-state index is -1.77. The van der Waals surface area contributed by atoms with Gasteiger partial charge < -0.3 is 74.1 Å². The van der Waals surface area contributed by atoms with Crippen molar-refractivity contribution >= 4 is 11.0 Å². The van der Waals surface area contributed by atoms with Crippen molar-refractivity contribution in [2.24, 2.45) is 0 Å². The number of fused-ring (bicyclic) bond motifs is 1. The lowest BCUT2D eigenvalue weighted by atomic mass is 9.99. The molecule has 0 aliphatic carbocycles. The van der Waals surface area contributed by atoms with Crippen molar-refractivity contribution in [1.82, 2.24) is 0 Å². The maximum atomic E-state index is 13.3. The van der Waals surface area contributed by atoms with Crippen molar-refractivity contribution in [3.63, 3.8) is 0 Å². The lowest BCUT2D eigenvalue weighted by Crippen LogP contribution is -2.60. The number of aromatic hydroxyl groups is 1. The molecule has 0 bridgehead atoms. The second-order valence-electron chi connectivity index (χ2n) is 10.3. The summed E-state index contributed by atoms with van der Waals surface area (Å²) < 4.78 is 33.2. The number of methoxy groups -OCH3 is 1. The Morgan fingerprint density at radius 2 is 1.27 bits per heavy atom. The van der Waals surface area contributed by atoms with E-state index in [-0.39, 0.29) is 34.0 Å². The Morgan fingerprint density at radius 3 is 1.82 bits per heavy atom. The summed E-state index contributed by atoms with van der Waals surface area (Å²) in [5.41, 5.74) is -0.462. The molecule has 240 valence electrons. The number of hydrogen-bond donors (Lipinski definition) is 9. The van der Waals surface area contributed by atoms with Crippen LogP contribution in [0.25, 0.3) is 22.3 Å². The van der Waals surface area contributed by atoms with Crippen LogP contribution in [-0.4, -0.2) is 128 Å². The number of benzene rings is 2. The van der Waals surface area contributed by atoms with E-state index in [2.05, 4.69) is 0 Å². The largest absolute Gasteiger partial charge is 0.508 e. The van der Waals surface area contributed by atoms with Crippen LogP contribution in [0.4, 0.5) is 0 Å². The van der Waals surface area contributed by atoms with Crippen LogP contribution in [0.2, 0.25) is 0 Å². The minimum absolute atomic E-state index is 0.0181. The first kappa shape index (κ1) is 31.9. The van der Waals surface area contributed by atoms with E-state index in [1.54, 1.807) is 0 Å². The Labute approximate surface area is 248 Å². The van der Waals surface area contributed by atoms with Crippen LogP contribution in [0.1, 0.15) is 0 Å². The van der Waals surface area contributed by atoms with Crippen LogP contribution in [0, 0.1) is 0 Å². The highest BCUT2D eigenvalue weighted by Gasteiger charge is 2.46. The molecule has 3 aromatic rings. The quantitative estimate of drug-likeness (QED) is 0.126. The lowest BCUT2D eigenvalue weighted by Gasteiger charge is -2.39. The molecule has 44 heavy (non-hydrogen) atoms. The van der Waals surface area contributed by atoms with Crippen molar-refractivity contribution in [2.75, 3.05) is 20.3 Å². The van der Waals surface area contributed by atoms with Crippen molar-refractivity contribution < 1.29 is 74.1 Å². The molecule has 16 heteroatoms. The van der Waals surface area contributed by atoms with Crippen molar-refractivity contribution in [3.05, 3.63) is 46.6 Å². The molecule has 0 amide bonds. The van der Waals surface area contributed by atoms with Crippen molar-refractivity contribution in [2.45, 2.75) is 61.4 Å². The molecule has 2 saturated heterocycles. The summed E-state index contributed by atoms with van der Waals surface area (Å²) in [5.74, 6) is -0.519. The zero-order chi connectivity index (χ0) is 31.9. The second kappa shape index (κ2) is 12.8. The number of aliphatic hydroxyl groups is 8. The fourth-order valence-electron chi connectivity index (χ4n) is 4.97. The molecular weight excluding hydrogens is 592 g/mol. The average molecular weight is 625 g/mol. The number of aliphatic hydroxyl groups excluding tert-OH is 8. The van der Waals surface area contributed by atoms with Gasteiger partial charge in [0.15, 0.2) is 16.9 Å². The molecule has 16 nitrogen and oxygen atoms in total. The Morgan fingerprint density at radius 1 is 0.705 bits per heavy atom. The van der Waals surface area contributed by atoms with Crippen LogP contribution in [-0.2, 0) is 9.47 Å². The molecular formula is C28H32O16. The maximum absolute atomic E-state index is 13.3. The molecule has 0 saturated carbocycles. The van der Waals surface area contributed by atoms with Crippen LogP contribution in [0.15, 0.2) is 45.6 Å². The van der Waals surface area contributed by atoms with Gasteiger partial charge in [0, 0.05) is 23.8 Å². The predicted molar refractivity (Wildman–Crippen MR) is 145 cm³/mol. The van der Waals surface area contributed by atoms with E-state index in [4.69, 9.17) is 28.1 Å². The molecule has 2 fully saturated rings. The van der Waals surface area contributed by atoms with Crippen LogP contribution >= 0.6 is 0 Å². The number of rotatable bonds is 8. The zero-order valence-electron chi connectivity index (χ0n) is 23.0. The molecule has 0 unspecified atom stereocenters. The van der Waals surface area contributed by atoms with Gasteiger partial charge in [-0.3, -0.25) is 4.79 Å². The average Bonchev–Trinajstić information content (AvgIpc) is 3.01. The molecule has 5 rings (SSSR count). The standard InChI is InChI=1S/C28H32O16/c1-39-15-4-10(2-3-13(15)41-27-25(37)23(35)21(33)18(8-29)43-27)14-7-12(32)20-16(40-14)5-11(31)6-17(20)42-28-26(38)24(36)22(34)19(9-30)44-28/h2-7,18-19,21-31,33-38H,8-9H2,1H3/t18-,19+,21+,22-,23-,24-,25+,26-,27-,28+/m0/s1. The topological polar surface area (TPSA) is 258 Å². The Kier molecular flexibility index (Phi) is 9.28. The smallest absolute Gasteiger partial charge is 0.229 e. The number of ether oxygens (including phenoxy) is 5. The van der Waals surface area contributed by atoms with Gasteiger partial charge in [-0.05, 0) is 18.2 Å². The van der Waals surface area contributed by atoms with Crippen molar-refractivity contribution in [3.8, 4) is 34.3 Å². The fraction of sp³-hybridized carbons (Fsp3) is 0.464. The summed E-state index contributed by atoms with van der Waals surface area (Å²) >= 11 is 0. The number of phenols is 1. The summed E-state index contributed by atoms with van der Waals surface area (Å²) in [4.78, 5) is 13.3. The van der Waals surface area contributed by atoms with Gasteiger partial charge in [-0.1, -0.05) is 0 Å². The molecule has 9 N–H and O–H groups in total. The summed E-state index contributed by atoms with van der Waals surface area (Å²) in [6, 6.07) is 7.63. The van der Waals surface area contributed by atoms with E-state index in [1.807, 2.05) is 0 Å². The summed E-state index contributed by atoms with van der Waals surface area (Å²) in [7, 11) is 1.32. The van der Waals surface area contributed by atoms with Gasteiger partial charge in [0.25, 0.3) is 0 Å². The van der Waals surface area contributed by atoms with E-state index in [1.165, 1.54) is 25.3 Å². The molecule has 2 aliphatic heterocycles. The zero-order valence-corrected chi connectivity index (χ0v) is 23.0. The van der Waals surface area contributed by atoms with Gasteiger partial charge in [-0.15, -0.1) is 0 Å². The van der Waals surface area contributed by atoms with Gasteiger partial charge in [-0.2, -0.15) is 0 Å². The normalized spacial score (nSPS) is 32.4. The van der Waals surface area contributed by atoms with E-state index >= 15 is 0 Å². The maximum Gasteiger partial charge on any atom is 0.229 e. The van der Waals surface area contributed by atoms with Crippen LogP contribution in [0.3, 0.4) is 0 Å². The first-order valence-corrected chi connectivity index (χ1v) is 13.4. The third-order valence-corrected chi connectivity index (χ3v) is 7.41. The molecule has 10 atom stereocenters. The van der Waals surface area contributed by atoms with Gasteiger partial charge in [-0.25, -0.2) is 0 Å². The lowest BCUT2D eigenvalue weighted by molar-refractivity contribution is -0.277. The minimum Gasteiger partial charge on any atom is -0.508 e. The van der Waals surface area contributed by atoms with Gasteiger partial charge >= 0.3 is 0 Å². The number of hydrogen-bond acceptors (Lipinski definition) is 16.